The average molecular weight is 265 g/mol. The summed E-state index contributed by atoms with van der Waals surface area (Å²) in [7, 11) is 0. The lowest BCUT2D eigenvalue weighted by atomic mass is 10.0. The van der Waals surface area contributed by atoms with Crippen LogP contribution in [0.3, 0.4) is 0 Å². The summed E-state index contributed by atoms with van der Waals surface area (Å²) < 4.78 is 0. The molecule has 0 heterocycles. The minimum atomic E-state index is -0.106. The molecule has 0 saturated carbocycles. The maximum atomic E-state index is 11.1. The summed E-state index contributed by atoms with van der Waals surface area (Å²) in [6.45, 7) is 0. The Morgan fingerprint density at radius 3 is 2.53 bits per heavy atom. The number of benzene rings is 2. The van der Waals surface area contributed by atoms with Crippen molar-refractivity contribution in [2.75, 3.05) is 5.88 Å². The van der Waals surface area contributed by atoms with Gasteiger partial charge in [0.2, 0.25) is 0 Å². The van der Waals surface area contributed by atoms with Crippen LogP contribution in [0.25, 0.3) is 16.8 Å². The van der Waals surface area contributed by atoms with E-state index in [4.69, 9.17) is 23.2 Å². The molecule has 0 aromatic heterocycles. The molecule has 0 aliphatic rings. The van der Waals surface area contributed by atoms with Gasteiger partial charge < -0.3 is 0 Å². The van der Waals surface area contributed by atoms with Gasteiger partial charge in [-0.15, -0.1) is 11.6 Å². The summed E-state index contributed by atoms with van der Waals surface area (Å²) in [6.07, 6.45) is 3.26. The molecule has 3 heteroatoms. The van der Waals surface area contributed by atoms with Crippen molar-refractivity contribution >= 4 is 45.8 Å². The van der Waals surface area contributed by atoms with Crippen LogP contribution in [0.2, 0.25) is 5.02 Å². The van der Waals surface area contributed by atoms with Crippen molar-refractivity contribution in [1.29, 1.82) is 0 Å². The second-order valence-corrected chi connectivity index (χ2v) is 4.29. The minimum Gasteiger partial charge on any atom is -0.294 e. The van der Waals surface area contributed by atoms with E-state index in [0.717, 1.165) is 16.3 Å². The van der Waals surface area contributed by atoms with Crippen LogP contribution >= 0.6 is 23.2 Å². The van der Waals surface area contributed by atoms with Crippen LogP contribution in [-0.4, -0.2) is 11.7 Å². The largest absolute Gasteiger partial charge is 0.294 e. The van der Waals surface area contributed by atoms with Gasteiger partial charge in [-0.25, -0.2) is 0 Å². The van der Waals surface area contributed by atoms with Gasteiger partial charge >= 0.3 is 0 Å². The monoisotopic (exact) mass is 264 g/mol. The summed E-state index contributed by atoms with van der Waals surface area (Å²) >= 11 is 11.5. The van der Waals surface area contributed by atoms with Crippen molar-refractivity contribution in [3.8, 4) is 0 Å². The molecule has 0 fully saturated rings. The van der Waals surface area contributed by atoms with E-state index >= 15 is 0 Å². The number of carbonyl (C=O) groups is 1. The molecule has 2 aromatic carbocycles. The molecule has 0 N–H and O–H groups in total. The maximum absolute atomic E-state index is 11.1. The molecule has 86 valence electrons. The molecule has 0 aliphatic heterocycles. The highest BCUT2D eigenvalue weighted by molar-refractivity contribution is 6.35. The fraction of sp³-hybridized carbons (Fsp3) is 0.0714. The maximum Gasteiger partial charge on any atom is 0.170 e. The van der Waals surface area contributed by atoms with Crippen molar-refractivity contribution in [3.63, 3.8) is 0 Å². The molecule has 0 atom stereocenters. The lowest BCUT2D eigenvalue weighted by Gasteiger charge is -2.03. The van der Waals surface area contributed by atoms with E-state index in [-0.39, 0.29) is 11.7 Å². The third-order valence-electron chi connectivity index (χ3n) is 2.49. The summed E-state index contributed by atoms with van der Waals surface area (Å²) in [4.78, 5) is 11.1. The standard InChI is InChI=1S/C14H10Cl2O/c15-9-11(17)7-5-10-6-8-14(16)13-4-2-1-3-12(10)13/h1-8H,9H2. The first-order valence-corrected chi connectivity index (χ1v) is 6.08. The summed E-state index contributed by atoms with van der Waals surface area (Å²) in [5.41, 5.74) is 0.962. The Balaban J connectivity index is 2.52. The zero-order valence-electron chi connectivity index (χ0n) is 8.99. The van der Waals surface area contributed by atoms with Gasteiger partial charge in [0, 0.05) is 10.4 Å². The van der Waals surface area contributed by atoms with E-state index in [1.165, 1.54) is 6.08 Å². The first-order valence-electron chi connectivity index (χ1n) is 5.16. The van der Waals surface area contributed by atoms with Gasteiger partial charge in [-0.3, -0.25) is 4.79 Å². The zero-order valence-corrected chi connectivity index (χ0v) is 10.5. The first kappa shape index (κ1) is 12.2. The SMILES string of the molecule is O=C(C=Cc1ccc(Cl)c2ccccc12)CCl. The van der Waals surface area contributed by atoms with Gasteiger partial charge in [-0.05, 0) is 23.1 Å². The average Bonchev–Trinajstić information content (AvgIpc) is 2.38. The lowest BCUT2D eigenvalue weighted by Crippen LogP contribution is -1.91. The molecule has 2 aromatic rings. The highest BCUT2D eigenvalue weighted by Gasteiger charge is 2.02. The van der Waals surface area contributed by atoms with Gasteiger partial charge in [-0.2, -0.15) is 0 Å². The molecule has 0 spiro atoms. The lowest BCUT2D eigenvalue weighted by molar-refractivity contribution is -0.112. The fourth-order valence-corrected chi connectivity index (χ4v) is 1.98. The second-order valence-electron chi connectivity index (χ2n) is 3.62. The van der Waals surface area contributed by atoms with Crippen LogP contribution in [-0.2, 0) is 4.79 Å². The Morgan fingerprint density at radius 1 is 1.12 bits per heavy atom. The normalized spacial score (nSPS) is 11.2. The van der Waals surface area contributed by atoms with E-state index in [2.05, 4.69) is 0 Å². The van der Waals surface area contributed by atoms with E-state index < -0.39 is 0 Å². The van der Waals surface area contributed by atoms with Crippen molar-refractivity contribution in [3.05, 3.63) is 53.1 Å². The molecule has 0 amide bonds. The van der Waals surface area contributed by atoms with Crippen LogP contribution in [0.15, 0.2) is 42.5 Å². The summed E-state index contributed by atoms with van der Waals surface area (Å²) in [5.74, 6) is -0.104. The highest BCUT2D eigenvalue weighted by Crippen LogP contribution is 2.27. The molecule has 0 saturated heterocycles. The highest BCUT2D eigenvalue weighted by atomic mass is 35.5. The Hall–Kier alpha value is -1.31. The molecule has 17 heavy (non-hydrogen) atoms. The molecule has 0 bridgehead atoms. The molecular weight excluding hydrogens is 255 g/mol. The summed E-state index contributed by atoms with van der Waals surface area (Å²) in [6, 6.07) is 11.5. The van der Waals surface area contributed by atoms with Gasteiger partial charge in [0.1, 0.15) is 0 Å². The first-order chi connectivity index (χ1) is 8.22. The molecular formula is C14H10Cl2O. The molecule has 1 nitrogen and oxygen atoms in total. The summed E-state index contributed by atoms with van der Waals surface area (Å²) in [5, 5.41) is 2.72. The van der Waals surface area contributed by atoms with Crippen molar-refractivity contribution < 1.29 is 4.79 Å². The Morgan fingerprint density at radius 2 is 1.82 bits per heavy atom. The van der Waals surface area contributed by atoms with Crippen LogP contribution in [0.5, 0.6) is 0 Å². The van der Waals surface area contributed by atoms with E-state index in [1.807, 2.05) is 36.4 Å². The zero-order chi connectivity index (χ0) is 12.3. The third kappa shape index (κ3) is 2.68. The van der Waals surface area contributed by atoms with Crippen LogP contribution in [0.1, 0.15) is 5.56 Å². The third-order valence-corrected chi connectivity index (χ3v) is 3.08. The number of hydrogen-bond donors (Lipinski definition) is 0. The number of rotatable bonds is 3. The van der Waals surface area contributed by atoms with Crippen LogP contribution < -0.4 is 0 Å². The van der Waals surface area contributed by atoms with Gasteiger partial charge in [0.05, 0.1) is 5.88 Å². The Labute approximate surface area is 110 Å². The number of ketones is 1. The van der Waals surface area contributed by atoms with Gasteiger partial charge in [0.15, 0.2) is 5.78 Å². The number of carbonyl (C=O) groups excluding carboxylic acids is 1. The van der Waals surface area contributed by atoms with Crippen molar-refractivity contribution in [2.45, 2.75) is 0 Å². The predicted molar refractivity (Wildman–Crippen MR) is 73.7 cm³/mol. The van der Waals surface area contributed by atoms with E-state index in [0.29, 0.717) is 5.02 Å². The minimum absolute atomic E-state index is 0.00201. The molecule has 2 rings (SSSR count). The number of alkyl halides is 1. The van der Waals surface area contributed by atoms with E-state index in [9.17, 15) is 4.79 Å². The number of halogens is 2. The fourth-order valence-electron chi connectivity index (χ4n) is 1.66. The van der Waals surface area contributed by atoms with Crippen LogP contribution in [0.4, 0.5) is 0 Å². The number of allylic oxidation sites excluding steroid dienone is 1. The number of hydrogen-bond acceptors (Lipinski definition) is 1. The molecule has 0 unspecified atom stereocenters. The van der Waals surface area contributed by atoms with Gasteiger partial charge in [0.25, 0.3) is 0 Å². The topological polar surface area (TPSA) is 17.1 Å². The Bertz CT molecular complexity index is 588. The van der Waals surface area contributed by atoms with Crippen LogP contribution in [0, 0.1) is 0 Å². The number of fused-ring (bicyclic) bond motifs is 1. The molecule has 0 aliphatic carbocycles. The second kappa shape index (κ2) is 5.35. The quantitative estimate of drug-likeness (QED) is 0.596. The Kier molecular flexibility index (Phi) is 3.82. The smallest absolute Gasteiger partial charge is 0.170 e. The van der Waals surface area contributed by atoms with E-state index in [1.54, 1.807) is 6.08 Å². The molecule has 0 radical (unpaired) electrons. The van der Waals surface area contributed by atoms with Gasteiger partial charge in [-0.1, -0.05) is 48.0 Å². The predicted octanol–water partition coefficient (Wildman–Crippen LogP) is 4.31. The van der Waals surface area contributed by atoms with Crippen molar-refractivity contribution in [1.82, 2.24) is 0 Å². The van der Waals surface area contributed by atoms with Crippen molar-refractivity contribution in [2.24, 2.45) is 0 Å².